The van der Waals surface area contributed by atoms with E-state index in [0.29, 0.717) is 0 Å². The molecule has 12 heavy (non-hydrogen) atoms. The van der Waals surface area contributed by atoms with Crippen molar-refractivity contribution in [2.24, 2.45) is 0 Å². The lowest BCUT2D eigenvalue weighted by atomic mass is 9.95. The average Bonchev–Trinajstić information content (AvgIpc) is 2.21. The zero-order valence-electron chi connectivity index (χ0n) is 7.45. The first kappa shape index (κ1) is 7.78. The maximum Gasteiger partial charge on any atom is 0.169 e. The van der Waals surface area contributed by atoms with Crippen molar-refractivity contribution in [3.8, 4) is 0 Å². The van der Waals surface area contributed by atoms with E-state index in [1.165, 1.54) is 32.1 Å². The van der Waals surface area contributed by atoms with Gasteiger partial charge in [0.25, 0.3) is 0 Å². The summed E-state index contributed by atoms with van der Waals surface area (Å²) in [7, 11) is 0. The average molecular weight is 162 g/mol. The number of rotatable bonds is 1. The Morgan fingerprint density at radius 2 is 1.50 bits per heavy atom. The molecular weight excluding hydrogens is 146 g/mol. The van der Waals surface area contributed by atoms with Crippen molar-refractivity contribution < 1.29 is 4.57 Å². The third kappa shape index (κ3) is 1.66. The largest absolute Gasteiger partial charge is 0.202 e. The van der Waals surface area contributed by atoms with Crippen LogP contribution in [0.4, 0.5) is 0 Å². The Balaban J connectivity index is 2.08. The summed E-state index contributed by atoms with van der Waals surface area (Å²) in [5.41, 5.74) is 0. The van der Waals surface area contributed by atoms with Crippen molar-refractivity contribution in [1.29, 1.82) is 0 Å². The molecule has 1 fully saturated rings. The molecule has 0 radical (unpaired) electrons. The third-order valence-electron chi connectivity index (χ3n) is 2.73. The summed E-state index contributed by atoms with van der Waals surface area (Å²) < 4.78 is 2.36. The quantitative estimate of drug-likeness (QED) is 0.558. The second-order valence-corrected chi connectivity index (χ2v) is 3.61. The highest BCUT2D eigenvalue weighted by molar-refractivity contribution is 4.84. The Morgan fingerprint density at radius 1 is 0.833 bits per heavy atom. The minimum Gasteiger partial charge on any atom is -0.202 e. The maximum absolute atomic E-state index is 2.36. The summed E-state index contributed by atoms with van der Waals surface area (Å²) in [4.78, 5) is 0. The molecule has 1 saturated carbocycles. The van der Waals surface area contributed by atoms with Gasteiger partial charge in [0.1, 0.15) is 0 Å². The van der Waals surface area contributed by atoms with Crippen molar-refractivity contribution in [2.75, 3.05) is 0 Å². The minimum atomic E-state index is 0.778. The number of hydrogen-bond donors (Lipinski definition) is 0. The zero-order chi connectivity index (χ0) is 8.23. The summed E-state index contributed by atoms with van der Waals surface area (Å²) in [5.74, 6) is 0. The molecule has 0 aromatic carbocycles. The lowest BCUT2D eigenvalue weighted by molar-refractivity contribution is -0.725. The monoisotopic (exact) mass is 162 g/mol. The van der Waals surface area contributed by atoms with E-state index in [2.05, 4.69) is 35.2 Å². The van der Waals surface area contributed by atoms with Gasteiger partial charge in [-0.2, -0.15) is 0 Å². The molecular formula is C11H16N+. The van der Waals surface area contributed by atoms with E-state index in [4.69, 9.17) is 0 Å². The molecule has 1 heterocycles. The number of aromatic nitrogens is 1. The van der Waals surface area contributed by atoms with Gasteiger partial charge in [-0.05, 0) is 12.8 Å². The van der Waals surface area contributed by atoms with Gasteiger partial charge in [0.15, 0.2) is 18.4 Å². The molecule has 0 saturated heterocycles. The van der Waals surface area contributed by atoms with Gasteiger partial charge >= 0.3 is 0 Å². The molecule has 0 atom stereocenters. The van der Waals surface area contributed by atoms with Gasteiger partial charge in [-0.1, -0.05) is 12.5 Å². The van der Waals surface area contributed by atoms with Gasteiger partial charge in [-0.3, -0.25) is 0 Å². The fourth-order valence-electron chi connectivity index (χ4n) is 2.03. The van der Waals surface area contributed by atoms with Crippen LogP contribution in [0, 0.1) is 0 Å². The zero-order valence-corrected chi connectivity index (χ0v) is 7.45. The molecule has 1 aliphatic carbocycles. The second kappa shape index (κ2) is 3.70. The minimum absolute atomic E-state index is 0.778. The summed E-state index contributed by atoms with van der Waals surface area (Å²) in [6, 6.07) is 7.10. The molecule has 64 valence electrons. The van der Waals surface area contributed by atoms with Gasteiger partial charge in [-0.25, -0.2) is 4.57 Å². The van der Waals surface area contributed by atoms with Crippen molar-refractivity contribution >= 4 is 0 Å². The summed E-state index contributed by atoms with van der Waals surface area (Å²) in [5, 5.41) is 0. The van der Waals surface area contributed by atoms with Gasteiger partial charge < -0.3 is 0 Å². The van der Waals surface area contributed by atoms with Crippen LogP contribution in [0.15, 0.2) is 30.6 Å². The maximum atomic E-state index is 2.36. The van der Waals surface area contributed by atoms with Crippen molar-refractivity contribution in [3.63, 3.8) is 0 Å². The van der Waals surface area contributed by atoms with E-state index in [1.807, 2.05) is 0 Å². The van der Waals surface area contributed by atoms with Crippen molar-refractivity contribution in [3.05, 3.63) is 30.6 Å². The molecule has 0 aliphatic heterocycles. The van der Waals surface area contributed by atoms with E-state index < -0.39 is 0 Å². The standard InChI is InChI=1S/C11H16N/c1-3-7-11(8-4-1)12-9-5-2-6-10-12/h2,5-6,9-11H,1,3-4,7-8H2/q+1. The summed E-state index contributed by atoms with van der Waals surface area (Å²) in [6.07, 6.45) is 11.4. The van der Waals surface area contributed by atoms with Crippen LogP contribution >= 0.6 is 0 Å². The van der Waals surface area contributed by atoms with E-state index in [0.717, 1.165) is 6.04 Å². The van der Waals surface area contributed by atoms with Crippen LogP contribution in [0.2, 0.25) is 0 Å². The topological polar surface area (TPSA) is 3.88 Å². The molecule has 1 aliphatic rings. The molecule has 0 N–H and O–H groups in total. The number of hydrogen-bond acceptors (Lipinski definition) is 0. The van der Waals surface area contributed by atoms with E-state index >= 15 is 0 Å². The molecule has 0 bridgehead atoms. The summed E-state index contributed by atoms with van der Waals surface area (Å²) in [6.45, 7) is 0. The predicted octanol–water partition coefficient (Wildman–Crippen LogP) is 2.48. The molecule has 1 aromatic heterocycles. The van der Waals surface area contributed by atoms with Crippen molar-refractivity contribution in [2.45, 2.75) is 38.1 Å². The highest BCUT2D eigenvalue weighted by Crippen LogP contribution is 2.22. The Kier molecular flexibility index (Phi) is 2.40. The van der Waals surface area contributed by atoms with E-state index in [1.54, 1.807) is 0 Å². The smallest absolute Gasteiger partial charge is 0.169 e. The van der Waals surface area contributed by atoms with Gasteiger partial charge in [0.05, 0.1) is 0 Å². The Labute approximate surface area is 74.0 Å². The van der Waals surface area contributed by atoms with E-state index in [-0.39, 0.29) is 0 Å². The lowest BCUT2D eigenvalue weighted by Gasteiger charge is -2.16. The molecule has 0 amide bonds. The van der Waals surface area contributed by atoms with Gasteiger partial charge in [0.2, 0.25) is 0 Å². The van der Waals surface area contributed by atoms with Gasteiger partial charge in [-0.15, -0.1) is 0 Å². The van der Waals surface area contributed by atoms with Crippen molar-refractivity contribution in [1.82, 2.24) is 0 Å². The first-order valence-electron chi connectivity index (χ1n) is 4.92. The number of pyridine rings is 1. The molecule has 1 aromatic rings. The van der Waals surface area contributed by atoms with Crippen LogP contribution in [-0.2, 0) is 0 Å². The second-order valence-electron chi connectivity index (χ2n) is 3.61. The third-order valence-corrected chi connectivity index (χ3v) is 2.73. The first-order valence-corrected chi connectivity index (χ1v) is 4.92. The van der Waals surface area contributed by atoms with Gasteiger partial charge in [0, 0.05) is 25.0 Å². The first-order chi connectivity index (χ1) is 5.97. The predicted molar refractivity (Wildman–Crippen MR) is 48.8 cm³/mol. The van der Waals surface area contributed by atoms with Crippen LogP contribution in [-0.4, -0.2) is 0 Å². The normalized spacial score (nSPS) is 19.3. The lowest BCUT2D eigenvalue weighted by Crippen LogP contribution is -2.39. The molecule has 0 unspecified atom stereocenters. The van der Waals surface area contributed by atoms with Crippen LogP contribution in [0.25, 0.3) is 0 Å². The van der Waals surface area contributed by atoms with E-state index in [9.17, 15) is 0 Å². The molecule has 1 nitrogen and oxygen atoms in total. The van der Waals surface area contributed by atoms with Crippen LogP contribution in [0.3, 0.4) is 0 Å². The molecule has 1 heteroatoms. The fraction of sp³-hybridized carbons (Fsp3) is 0.545. The fourth-order valence-corrected chi connectivity index (χ4v) is 2.03. The van der Waals surface area contributed by atoms with Crippen LogP contribution < -0.4 is 4.57 Å². The number of nitrogens with zero attached hydrogens (tertiary/aromatic N) is 1. The Bertz CT molecular complexity index is 224. The molecule has 0 spiro atoms. The SMILES string of the molecule is c1cc[n+](C2CCCCC2)cc1. The summed E-state index contributed by atoms with van der Waals surface area (Å²) >= 11 is 0. The van der Waals surface area contributed by atoms with Crippen LogP contribution in [0.5, 0.6) is 0 Å². The highest BCUT2D eigenvalue weighted by atomic mass is 15.0. The molecule has 2 rings (SSSR count). The Hall–Kier alpha value is -0.850. The Morgan fingerprint density at radius 3 is 2.17 bits per heavy atom. The van der Waals surface area contributed by atoms with Crippen LogP contribution in [0.1, 0.15) is 38.1 Å². The highest BCUT2D eigenvalue weighted by Gasteiger charge is 2.20.